The minimum absolute atomic E-state index is 0.00662. The van der Waals surface area contributed by atoms with Gasteiger partial charge in [0.05, 0.1) is 5.92 Å². The molecule has 5 nitrogen and oxygen atoms in total. The van der Waals surface area contributed by atoms with Crippen molar-refractivity contribution in [3.63, 3.8) is 0 Å². The first-order chi connectivity index (χ1) is 7.45. The van der Waals surface area contributed by atoms with Gasteiger partial charge >= 0.3 is 0 Å². The van der Waals surface area contributed by atoms with Gasteiger partial charge in [-0.25, -0.2) is 0 Å². The van der Waals surface area contributed by atoms with Crippen molar-refractivity contribution >= 4 is 5.78 Å². The van der Waals surface area contributed by atoms with Gasteiger partial charge in [0.1, 0.15) is 11.4 Å². The minimum Gasteiger partial charge on any atom is -0.382 e. The summed E-state index contributed by atoms with van der Waals surface area (Å²) < 4.78 is 0. The summed E-state index contributed by atoms with van der Waals surface area (Å²) in [5.74, 6) is -0.132. The van der Waals surface area contributed by atoms with Crippen molar-refractivity contribution in [1.29, 1.82) is 0 Å². The SMILES string of the molecule is CC1CCC2(O)C(C1)C(=O)CCC2[N+](=O)[O-]. The lowest BCUT2D eigenvalue weighted by atomic mass is 9.62. The minimum atomic E-state index is -1.38. The molecule has 2 saturated carbocycles. The van der Waals surface area contributed by atoms with Crippen LogP contribution in [0.4, 0.5) is 0 Å². The molecule has 0 aromatic carbocycles. The van der Waals surface area contributed by atoms with Gasteiger partial charge in [-0.2, -0.15) is 0 Å². The quantitative estimate of drug-likeness (QED) is 0.538. The van der Waals surface area contributed by atoms with Gasteiger partial charge in [0.25, 0.3) is 0 Å². The van der Waals surface area contributed by atoms with E-state index in [0.717, 1.165) is 6.42 Å². The number of hydrogen-bond donors (Lipinski definition) is 1. The lowest BCUT2D eigenvalue weighted by Gasteiger charge is -2.45. The van der Waals surface area contributed by atoms with Crippen molar-refractivity contribution in [3.05, 3.63) is 10.1 Å². The van der Waals surface area contributed by atoms with E-state index in [0.29, 0.717) is 18.8 Å². The molecule has 4 unspecified atom stereocenters. The summed E-state index contributed by atoms with van der Waals surface area (Å²) in [6.45, 7) is 2.03. The third-order valence-corrected chi connectivity index (χ3v) is 4.16. The molecule has 0 bridgehead atoms. The topological polar surface area (TPSA) is 80.4 Å². The second kappa shape index (κ2) is 3.80. The molecule has 0 heterocycles. The number of nitrogens with zero attached hydrogens (tertiary/aromatic N) is 1. The maximum absolute atomic E-state index is 11.8. The van der Waals surface area contributed by atoms with Gasteiger partial charge in [0, 0.05) is 17.8 Å². The maximum Gasteiger partial charge on any atom is 0.242 e. The van der Waals surface area contributed by atoms with E-state index in [4.69, 9.17) is 0 Å². The molecule has 90 valence electrons. The summed E-state index contributed by atoms with van der Waals surface area (Å²) >= 11 is 0. The van der Waals surface area contributed by atoms with E-state index in [1.165, 1.54) is 0 Å². The van der Waals surface area contributed by atoms with E-state index in [2.05, 4.69) is 0 Å². The van der Waals surface area contributed by atoms with Gasteiger partial charge in [-0.15, -0.1) is 0 Å². The van der Waals surface area contributed by atoms with Gasteiger partial charge in [0.15, 0.2) is 0 Å². The van der Waals surface area contributed by atoms with Gasteiger partial charge < -0.3 is 5.11 Å². The average molecular weight is 227 g/mol. The molecule has 0 aliphatic heterocycles. The van der Waals surface area contributed by atoms with Gasteiger partial charge in [0.2, 0.25) is 6.04 Å². The summed E-state index contributed by atoms with van der Waals surface area (Å²) in [6, 6.07) is -0.956. The highest BCUT2D eigenvalue weighted by Gasteiger charge is 2.58. The molecule has 0 spiro atoms. The molecule has 2 aliphatic carbocycles. The molecule has 0 saturated heterocycles. The summed E-state index contributed by atoms with van der Waals surface area (Å²) in [5, 5.41) is 21.4. The molecule has 0 aromatic heterocycles. The Morgan fingerprint density at radius 1 is 1.50 bits per heavy atom. The Bertz CT molecular complexity index is 330. The van der Waals surface area contributed by atoms with Crippen LogP contribution in [0.2, 0.25) is 0 Å². The largest absolute Gasteiger partial charge is 0.382 e. The van der Waals surface area contributed by atoms with E-state index >= 15 is 0 Å². The standard InChI is InChI=1S/C11H17NO4/c1-7-4-5-11(14)8(6-7)9(13)2-3-10(11)12(15)16/h7-8,10,14H,2-6H2,1H3. The molecule has 0 amide bonds. The number of carbonyl (C=O) groups is 1. The van der Waals surface area contributed by atoms with Crippen LogP contribution in [0.3, 0.4) is 0 Å². The predicted molar refractivity (Wildman–Crippen MR) is 56.5 cm³/mol. The van der Waals surface area contributed by atoms with Crippen LogP contribution in [-0.2, 0) is 4.79 Å². The normalized spacial score (nSPS) is 43.9. The van der Waals surface area contributed by atoms with E-state index < -0.39 is 22.5 Å². The smallest absolute Gasteiger partial charge is 0.242 e. The predicted octanol–water partition coefficient (Wildman–Crippen LogP) is 1.16. The van der Waals surface area contributed by atoms with E-state index in [9.17, 15) is 20.0 Å². The van der Waals surface area contributed by atoms with E-state index in [-0.39, 0.29) is 18.6 Å². The fourth-order valence-electron chi connectivity index (χ4n) is 3.18. The number of carbonyl (C=O) groups excluding carboxylic acids is 1. The van der Waals surface area contributed by atoms with Crippen LogP contribution >= 0.6 is 0 Å². The molecule has 2 aliphatic rings. The van der Waals surface area contributed by atoms with Crippen molar-refractivity contribution in [2.75, 3.05) is 0 Å². The zero-order valence-corrected chi connectivity index (χ0v) is 9.39. The molecule has 5 heteroatoms. The second-order valence-electron chi connectivity index (χ2n) is 5.23. The Kier molecular flexibility index (Phi) is 2.74. The van der Waals surface area contributed by atoms with Crippen LogP contribution in [-0.4, -0.2) is 27.5 Å². The molecule has 1 N–H and O–H groups in total. The van der Waals surface area contributed by atoms with Crippen LogP contribution in [0, 0.1) is 22.0 Å². The highest BCUT2D eigenvalue weighted by Crippen LogP contribution is 2.45. The van der Waals surface area contributed by atoms with Crippen LogP contribution in [0.5, 0.6) is 0 Å². The molecule has 16 heavy (non-hydrogen) atoms. The lowest BCUT2D eigenvalue weighted by molar-refractivity contribution is -0.552. The highest BCUT2D eigenvalue weighted by molar-refractivity contribution is 5.83. The first kappa shape index (κ1) is 11.5. The Hall–Kier alpha value is -0.970. The zero-order valence-electron chi connectivity index (χ0n) is 9.39. The Morgan fingerprint density at radius 2 is 2.19 bits per heavy atom. The monoisotopic (exact) mass is 227 g/mol. The van der Waals surface area contributed by atoms with Crippen molar-refractivity contribution < 1.29 is 14.8 Å². The van der Waals surface area contributed by atoms with E-state index in [1.54, 1.807) is 0 Å². The Labute approximate surface area is 94.0 Å². The average Bonchev–Trinajstić information content (AvgIpc) is 2.20. The molecule has 2 rings (SSSR count). The second-order valence-corrected chi connectivity index (χ2v) is 5.23. The van der Waals surface area contributed by atoms with Crippen molar-refractivity contribution in [3.8, 4) is 0 Å². The molecule has 0 radical (unpaired) electrons. The fourth-order valence-corrected chi connectivity index (χ4v) is 3.18. The van der Waals surface area contributed by atoms with Crippen molar-refractivity contribution in [1.82, 2.24) is 0 Å². The summed E-state index contributed by atoms with van der Waals surface area (Å²) in [7, 11) is 0. The van der Waals surface area contributed by atoms with Gasteiger partial charge in [-0.05, 0) is 25.2 Å². The molecule has 2 fully saturated rings. The summed E-state index contributed by atoms with van der Waals surface area (Å²) in [4.78, 5) is 22.3. The number of fused-ring (bicyclic) bond motifs is 1. The van der Waals surface area contributed by atoms with Crippen molar-refractivity contribution in [2.24, 2.45) is 11.8 Å². The van der Waals surface area contributed by atoms with Gasteiger partial charge in [-0.1, -0.05) is 6.92 Å². The number of ketones is 1. The van der Waals surface area contributed by atoms with Gasteiger partial charge in [-0.3, -0.25) is 14.9 Å². The summed E-state index contributed by atoms with van der Waals surface area (Å²) in [5.41, 5.74) is -1.38. The molecule has 4 atom stereocenters. The lowest BCUT2D eigenvalue weighted by Crippen LogP contribution is -2.60. The fraction of sp³-hybridized carbons (Fsp3) is 0.909. The summed E-state index contributed by atoms with van der Waals surface area (Å²) in [6.07, 6.45) is 2.18. The number of hydrogen-bond acceptors (Lipinski definition) is 4. The van der Waals surface area contributed by atoms with Crippen LogP contribution in [0.15, 0.2) is 0 Å². The number of Topliss-reactive ketones (excluding diaryl/α,β-unsaturated/α-hetero) is 1. The third-order valence-electron chi connectivity index (χ3n) is 4.16. The van der Waals surface area contributed by atoms with Crippen LogP contribution < -0.4 is 0 Å². The number of rotatable bonds is 1. The first-order valence-corrected chi connectivity index (χ1v) is 5.83. The molecular formula is C11H17NO4. The Balaban J connectivity index is 2.30. The number of aliphatic hydroxyl groups is 1. The highest BCUT2D eigenvalue weighted by atomic mass is 16.6. The zero-order chi connectivity index (χ0) is 11.9. The maximum atomic E-state index is 11.8. The van der Waals surface area contributed by atoms with E-state index in [1.807, 2.05) is 6.92 Å². The first-order valence-electron chi connectivity index (χ1n) is 5.83. The third kappa shape index (κ3) is 1.63. The van der Waals surface area contributed by atoms with Crippen LogP contribution in [0.25, 0.3) is 0 Å². The molecule has 0 aromatic rings. The Morgan fingerprint density at radius 3 is 2.81 bits per heavy atom. The van der Waals surface area contributed by atoms with Crippen molar-refractivity contribution in [2.45, 2.75) is 50.7 Å². The van der Waals surface area contributed by atoms with Crippen LogP contribution in [0.1, 0.15) is 39.0 Å². The molecular weight excluding hydrogens is 210 g/mol. The number of nitro groups is 1.